The van der Waals surface area contributed by atoms with Crippen LogP contribution in [0, 0.1) is 5.92 Å². The van der Waals surface area contributed by atoms with E-state index < -0.39 is 18.2 Å². The average molecular weight is 1050 g/mol. The minimum absolute atomic E-state index is 0.00431. The molecule has 9 rings (SSSR count). The minimum Gasteiger partial charge on any atom is -0.435 e. The number of fused-ring (bicyclic) bond motifs is 4. The Morgan fingerprint density at radius 2 is 0.922 bits per heavy atom. The lowest BCUT2D eigenvalue weighted by Crippen LogP contribution is -2.31. The van der Waals surface area contributed by atoms with Gasteiger partial charge in [0.25, 0.3) is 0 Å². The van der Waals surface area contributed by atoms with Crippen LogP contribution in [0.5, 0.6) is 0 Å². The molecule has 0 aromatic heterocycles. The maximum atomic E-state index is 11.9. The molecule has 0 spiro atoms. The van der Waals surface area contributed by atoms with Crippen LogP contribution in [-0.2, 0) is 97.2 Å². The van der Waals surface area contributed by atoms with Crippen molar-refractivity contribution in [1.29, 1.82) is 0 Å². The summed E-state index contributed by atoms with van der Waals surface area (Å²) in [7, 11) is 0. The molecular weight excluding hydrogens is 973 g/mol. The first-order valence-electron chi connectivity index (χ1n) is 26.3. The molecule has 0 amide bonds. The molecule has 0 heterocycles. The summed E-state index contributed by atoms with van der Waals surface area (Å²) in [6, 6.07) is 40.3. The summed E-state index contributed by atoms with van der Waals surface area (Å²) in [5.41, 5.74) is 13.2. The van der Waals surface area contributed by atoms with Gasteiger partial charge < -0.3 is 37.9 Å². The molecule has 2 unspecified atom stereocenters. The molecule has 12 heteroatoms. The topological polar surface area (TPSA) is 142 Å². The van der Waals surface area contributed by atoms with Crippen molar-refractivity contribution in [2.24, 2.45) is 5.92 Å². The Hall–Kier alpha value is -7.22. The van der Waals surface area contributed by atoms with Crippen LogP contribution in [-0.4, -0.2) is 68.9 Å². The third-order valence-corrected chi connectivity index (χ3v) is 13.3. The van der Waals surface area contributed by atoms with Gasteiger partial charge in [-0.25, -0.2) is 19.2 Å². The highest BCUT2D eigenvalue weighted by molar-refractivity contribution is 5.89. The van der Waals surface area contributed by atoms with Gasteiger partial charge in [0.15, 0.2) is 20.4 Å². The van der Waals surface area contributed by atoms with Gasteiger partial charge in [-0.2, -0.15) is 0 Å². The molecule has 0 fully saturated rings. The van der Waals surface area contributed by atoms with E-state index in [0.29, 0.717) is 22.3 Å². The molecule has 5 aromatic carbocycles. The lowest BCUT2D eigenvalue weighted by Gasteiger charge is -2.25. The first kappa shape index (κ1) is 59.0. The number of aryl methyl sites for hydroxylation is 1. The van der Waals surface area contributed by atoms with Crippen molar-refractivity contribution in [1.82, 2.24) is 0 Å². The Bertz CT molecular complexity index is 2750. The number of benzene rings is 5. The summed E-state index contributed by atoms with van der Waals surface area (Å²) < 4.78 is 43.2. The number of hydrogen-bond acceptors (Lipinski definition) is 12. The monoisotopic (exact) mass is 1050 g/mol. The summed E-state index contributed by atoms with van der Waals surface area (Å²) in [5, 5.41) is 0. The van der Waals surface area contributed by atoms with Crippen LogP contribution in [0.15, 0.2) is 164 Å². The first-order chi connectivity index (χ1) is 37.1. The van der Waals surface area contributed by atoms with Crippen molar-refractivity contribution in [3.8, 4) is 0 Å². The highest BCUT2D eigenvalue weighted by atomic mass is 16.7. The molecule has 0 N–H and O–H groups in total. The molecule has 0 aliphatic heterocycles. The second-order valence-corrected chi connectivity index (χ2v) is 19.9. The molecule has 0 radical (unpaired) electrons. The van der Waals surface area contributed by atoms with Crippen molar-refractivity contribution < 1.29 is 57.1 Å². The predicted molar refractivity (Wildman–Crippen MR) is 297 cm³/mol. The van der Waals surface area contributed by atoms with Crippen molar-refractivity contribution >= 4 is 30.0 Å². The van der Waals surface area contributed by atoms with Crippen LogP contribution in [0.4, 0.5) is 0 Å². The largest absolute Gasteiger partial charge is 0.435 e. The summed E-state index contributed by atoms with van der Waals surface area (Å²) in [6.45, 7) is 23.2. The molecule has 4 aliphatic rings. The van der Waals surface area contributed by atoms with Crippen molar-refractivity contribution in [2.75, 3.05) is 20.4 Å². The van der Waals surface area contributed by atoms with Gasteiger partial charge in [-0.15, -0.1) is 0 Å². The van der Waals surface area contributed by atoms with Crippen molar-refractivity contribution in [3.05, 3.63) is 220 Å². The van der Waals surface area contributed by atoms with E-state index in [1.807, 2.05) is 74.5 Å². The molecule has 4 aliphatic carbocycles. The molecule has 0 saturated carbocycles. The van der Waals surface area contributed by atoms with Crippen LogP contribution in [0.25, 0.3) is 6.08 Å². The number of carbonyl (C=O) groups is 4. The quantitative estimate of drug-likeness (QED) is 0.0357. The zero-order chi connectivity index (χ0) is 55.3. The number of ether oxygens (including phenoxy) is 8. The maximum absolute atomic E-state index is 11.9. The molecule has 406 valence electrons. The lowest BCUT2D eigenvalue weighted by molar-refractivity contribution is -0.196. The van der Waals surface area contributed by atoms with E-state index in [9.17, 15) is 19.2 Å². The highest BCUT2D eigenvalue weighted by Crippen LogP contribution is 2.32. The molecule has 0 saturated heterocycles. The Labute approximate surface area is 454 Å². The Kier molecular flexibility index (Phi) is 22.9. The van der Waals surface area contributed by atoms with Crippen LogP contribution >= 0.6 is 0 Å². The van der Waals surface area contributed by atoms with E-state index >= 15 is 0 Å². The second kappa shape index (κ2) is 29.9. The van der Waals surface area contributed by atoms with Crippen LogP contribution in [0.2, 0.25) is 0 Å². The van der Waals surface area contributed by atoms with Gasteiger partial charge in [0.05, 0.1) is 30.0 Å². The molecule has 2 atom stereocenters. The van der Waals surface area contributed by atoms with E-state index in [0.717, 1.165) is 63.4 Å². The Morgan fingerprint density at radius 1 is 0.519 bits per heavy atom. The smallest absolute Gasteiger partial charge is 0.340 e. The highest BCUT2D eigenvalue weighted by Gasteiger charge is 2.29. The third kappa shape index (κ3) is 18.5. The van der Waals surface area contributed by atoms with Gasteiger partial charge in [-0.1, -0.05) is 155 Å². The standard InChI is InChI=1S/C19H18O3.C17H22O3.C15H18O3.C14H16O3/c1-2-14-7-9-15(10-8-14)19(20)22-13-21-18-11-16-5-3-4-6-17(16)12-18;1-11(2)16(18)20-17(12(3)4)19-15-9-13-7-5-6-8-14(13)10-15;1-11(2)15(16)18-10-17-14-9-5-7-12-6-3-4-8-13(12)14;1-10(2)14(15)17-9-16-13-7-11-5-3-4-6-12(11)8-13/h2-10,18H,1,11-13H2;5-8,12,15,17H,1,9-10H2,2-4H3;3-4,6,8,14H,1,5,7,9-10H2,2H3;3-6,13H,1,7-9H2,2H3. The van der Waals surface area contributed by atoms with E-state index in [1.54, 1.807) is 39.0 Å². The summed E-state index contributed by atoms with van der Waals surface area (Å²) in [5.74, 6) is -1.45. The van der Waals surface area contributed by atoms with Crippen molar-refractivity contribution in [3.63, 3.8) is 0 Å². The van der Waals surface area contributed by atoms with Crippen LogP contribution in [0.1, 0.15) is 114 Å². The molecule has 12 nitrogen and oxygen atoms in total. The second-order valence-electron chi connectivity index (χ2n) is 19.9. The van der Waals surface area contributed by atoms with Gasteiger partial charge in [0.2, 0.25) is 6.29 Å². The Balaban J connectivity index is 0.000000167. The van der Waals surface area contributed by atoms with Crippen LogP contribution in [0.3, 0.4) is 0 Å². The van der Waals surface area contributed by atoms with Crippen LogP contribution < -0.4 is 0 Å². The summed E-state index contributed by atoms with van der Waals surface area (Å²) in [4.78, 5) is 45.9. The Morgan fingerprint density at radius 3 is 1.35 bits per heavy atom. The SMILES string of the molecule is C=C(C)C(=O)OC(OC1Cc2ccccc2C1)C(C)C.C=C(C)C(=O)OCOC1CCCc2ccccc21.C=C(C)C(=O)OCOC1Cc2ccccc2C1.C=Cc1ccc(C(=O)OCOC2Cc3ccccc3C2)cc1. The van der Waals surface area contributed by atoms with Gasteiger partial charge in [-0.05, 0) is 141 Å². The van der Waals surface area contributed by atoms with Gasteiger partial charge >= 0.3 is 23.9 Å². The van der Waals surface area contributed by atoms with Gasteiger partial charge in [0, 0.05) is 22.6 Å². The normalized spacial score (nSPS) is 15.4. The summed E-state index contributed by atoms with van der Waals surface area (Å²) >= 11 is 0. The predicted octanol–water partition coefficient (Wildman–Crippen LogP) is 12.3. The maximum Gasteiger partial charge on any atom is 0.340 e. The fourth-order valence-electron chi connectivity index (χ4n) is 9.11. The first-order valence-corrected chi connectivity index (χ1v) is 26.3. The molecule has 77 heavy (non-hydrogen) atoms. The van der Waals surface area contributed by atoms with Gasteiger partial charge in [-0.3, -0.25) is 0 Å². The van der Waals surface area contributed by atoms with E-state index in [-0.39, 0.29) is 62.7 Å². The fraction of sp³-hybridized carbons (Fsp3) is 0.354. The van der Waals surface area contributed by atoms with E-state index in [1.165, 1.54) is 44.5 Å². The molecule has 0 bridgehead atoms. The number of esters is 4. The third-order valence-electron chi connectivity index (χ3n) is 13.3. The molecule has 5 aromatic rings. The minimum atomic E-state index is -0.515. The average Bonchev–Trinajstić information content (AvgIpc) is 4.17. The zero-order valence-electron chi connectivity index (χ0n) is 45.3. The number of carbonyl (C=O) groups excluding carboxylic acids is 4. The zero-order valence-corrected chi connectivity index (χ0v) is 45.3. The lowest BCUT2D eigenvalue weighted by atomic mass is 9.89. The number of rotatable bonds is 18. The van der Waals surface area contributed by atoms with Crippen molar-refractivity contribution in [2.45, 2.75) is 123 Å². The number of hydrogen-bond donors (Lipinski definition) is 0. The molecular formula is C65H74O12. The van der Waals surface area contributed by atoms with E-state index in [2.05, 4.69) is 74.8 Å². The fourth-order valence-corrected chi connectivity index (χ4v) is 9.11. The summed E-state index contributed by atoms with van der Waals surface area (Å²) in [6.07, 6.45) is 10.0. The van der Waals surface area contributed by atoms with Gasteiger partial charge in [0.1, 0.15) is 0 Å². The van der Waals surface area contributed by atoms with E-state index in [4.69, 9.17) is 37.9 Å².